The van der Waals surface area contributed by atoms with Gasteiger partial charge < -0.3 is 5.11 Å². The van der Waals surface area contributed by atoms with Gasteiger partial charge in [0.25, 0.3) is 0 Å². The minimum Gasteiger partial charge on any atom is -0.395 e. The summed E-state index contributed by atoms with van der Waals surface area (Å²) >= 11 is 0. The largest absolute Gasteiger partial charge is 0.395 e. The van der Waals surface area contributed by atoms with Crippen molar-refractivity contribution in [1.82, 2.24) is 4.90 Å². The van der Waals surface area contributed by atoms with Gasteiger partial charge in [-0.05, 0) is 23.1 Å². The molecule has 0 saturated heterocycles. The molecule has 0 aliphatic heterocycles. The van der Waals surface area contributed by atoms with Crippen molar-refractivity contribution in [2.24, 2.45) is 0 Å². The zero-order chi connectivity index (χ0) is 17.3. The van der Waals surface area contributed by atoms with E-state index in [4.69, 9.17) is 0 Å². The summed E-state index contributed by atoms with van der Waals surface area (Å²) in [7, 11) is 0. The molecule has 0 spiro atoms. The lowest BCUT2D eigenvalue weighted by molar-refractivity contribution is 0.109. The van der Waals surface area contributed by atoms with Gasteiger partial charge in [0.2, 0.25) is 0 Å². The van der Waals surface area contributed by atoms with Crippen LogP contribution in [0.15, 0.2) is 91.0 Å². The Kier molecular flexibility index (Phi) is 6.38. The van der Waals surface area contributed by atoms with E-state index in [1.807, 2.05) is 18.2 Å². The van der Waals surface area contributed by atoms with Crippen molar-refractivity contribution in [1.29, 1.82) is 0 Å². The smallest absolute Gasteiger partial charge is 0.0590 e. The monoisotopic (exact) mass is 331 g/mol. The van der Waals surface area contributed by atoms with Gasteiger partial charge in [0.1, 0.15) is 0 Å². The van der Waals surface area contributed by atoms with E-state index in [1.165, 1.54) is 16.7 Å². The zero-order valence-electron chi connectivity index (χ0n) is 14.5. The van der Waals surface area contributed by atoms with Gasteiger partial charge in [-0.25, -0.2) is 0 Å². The summed E-state index contributed by atoms with van der Waals surface area (Å²) in [5.74, 6) is 0. The lowest BCUT2D eigenvalue weighted by atomic mass is 10.0. The molecule has 25 heavy (non-hydrogen) atoms. The van der Waals surface area contributed by atoms with Gasteiger partial charge in [0, 0.05) is 19.1 Å². The average Bonchev–Trinajstić information content (AvgIpc) is 2.68. The summed E-state index contributed by atoms with van der Waals surface area (Å²) in [5, 5.41) is 10.1. The molecule has 0 fully saturated rings. The fourth-order valence-electron chi connectivity index (χ4n) is 3.15. The lowest BCUT2D eigenvalue weighted by Crippen LogP contribution is -2.38. The van der Waals surface area contributed by atoms with Crippen LogP contribution in [0, 0.1) is 0 Å². The first kappa shape index (κ1) is 17.4. The van der Waals surface area contributed by atoms with Crippen LogP contribution in [0.1, 0.15) is 16.7 Å². The van der Waals surface area contributed by atoms with Crippen LogP contribution in [0.25, 0.3) is 0 Å². The second kappa shape index (κ2) is 9.16. The van der Waals surface area contributed by atoms with Crippen molar-refractivity contribution < 1.29 is 5.11 Å². The van der Waals surface area contributed by atoms with Crippen LogP contribution in [0.4, 0.5) is 0 Å². The lowest BCUT2D eigenvalue weighted by Gasteiger charge is -2.31. The van der Waals surface area contributed by atoms with Crippen molar-refractivity contribution >= 4 is 0 Å². The highest BCUT2D eigenvalue weighted by molar-refractivity contribution is 5.19. The van der Waals surface area contributed by atoms with Gasteiger partial charge in [-0.1, -0.05) is 91.0 Å². The standard InChI is InChI=1S/C23H25NO/c25-19-23(16-20-10-4-1-5-11-20)24(17-21-12-6-2-7-13-21)18-22-14-8-3-9-15-22/h1-15,23,25H,16-19H2/t23-/m1/s1. The molecule has 0 aromatic heterocycles. The molecule has 0 aliphatic rings. The van der Waals surface area contributed by atoms with Gasteiger partial charge in [-0.3, -0.25) is 4.90 Å². The Balaban J connectivity index is 1.80. The highest BCUT2D eigenvalue weighted by Crippen LogP contribution is 2.16. The number of rotatable bonds is 8. The molecule has 1 atom stereocenters. The van der Waals surface area contributed by atoms with Crippen LogP contribution in [-0.2, 0) is 19.5 Å². The van der Waals surface area contributed by atoms with Crippen LogP contribution < -0.4 is 0 Å². The molecule has 3 aromatic rings. The number of benzene rings is 3. The highest BCUT2D eigenvalue weighted by atomic mass is 16.3. The summed E-state index contributed by atoms with van der Waals surface area (Å²) in [4.78, 5) is 2.37. The predicted octanol–water partition coefficient (Wildman–Crippen LogP) is 4.29. The molecule has 3 rings (SSSR count). The first-order valence-corrected chi connectivity index (χ1v) is 8.82. The number of aliphatic hydroxyl groups is 1. The van der Waals surface area contributed by atoms with E-state index >= 15 is 0 Å². The SMILES string of the molecule is OC[C@@H](Cc1ccccc1)N(Cc1ccccc1)Cc1ccccc1. The Morgan fingerprint density at radius 2 is 1.00 bits per heavy atom. The van der Waals surface area contributed by atoms with Crippen LogP contribution >= 0.6 is 0 Å². The summed E-state index contributed by atoms with van der Waals surface area (Å²) in [6, 6.07) is 31.4. The molecule has 2 nitrogen and oxygen atoms in total. The minimum atomic E-state index is 0.0859. The average molecular weight is 331 g/mol. The van der Waals surface area contributed by atoms with Crippen LogP contribution in [0.5, 0.6) is 0 Å². The van der Waals surface area contributed by atoms with Gasteiger partial charge in [0.15, 0.2) is 0 Å². The van der Waals surface area contributed by atoms with E-state index in [9.17, 15) is 5.11 Å². The molecule has 0 unspecified atom stereocenters. The van der Waals surface area contributed by atoms with E-state index < -0.39 is 0 Å². The molecule has 2 heteroatoms. The second-order valence-corrected chi connectivity index (χ2v) is 6.40. The molecule has 1 N–H and O–H groups in total. The summed E-state index contributed by atoms with van der Waals surface area (Å²) in [6.07, 6.45) is 0.844. The third kappa shape index (κ3) is 5.28. The summed E-state index contributed by atoms with van der Waals surface area (Å²) in [6.45, 7) is 1.80. The van der Waals surface area contributed by atoms with Gasteiger partial charge in [0.05, 0.1) is 6.61 Å². The normalized spacial score (nSPS) is 12.2. The van der Waals surface area contributed by atoms with Crippen molar-refractivity contribution in [3.63, 3.8) is 0 Å². The number of hydrogen-bond acceptors (Lipinski definition) is 2. The van der Waals surface area contributed by atoms with E-state index in [-0.39, 0.29) is 12.6 Å². The molecule has 128 valence electrons. The maximum absolute atomic E-state index is 10.1. The molecule has 0 radical (unpaired) electrons. The first-order chi connectivity index (χ1) is 12.3. The molecule has 0 amide bonds. The van der Waals surface area contributed by atoms with Gasteiger partial charge in [-0.2, -0.15) is 0 Å². The maximum atomic E-state index is 10.1. The van der Waals surface area contributed by atoms with E-state index in [1.54, 1.807) is 0 Å². The second-order valence-electron chi connectivity index (χ2n) is 6.40. The molecule has 0 bridgehead atoms. The third-order valence-electron chi connectivity index (χ3n) is 4.50. The quantitative estimate of drug-likeness (QED) is 0.665. The number of hydrogen-bond donors (Lipinski definition) is 1. The number of aliphatic hydroxyl groups excluding tert-OH is 1. The molecule has 0 saturated carbocycles. The van der Waals surface area contributed by atoms with Crippen molar-refractivity contribution in [2.75, 3.05) is 6.61 Å². The van der Waals surface area contributed by atoms with E-state index in [2.05, 4.69) is 77.7 Å². The van der Waals surface area contributed by atoms with Gasteiger partial charge in [-0.15, -0.1) is 0 Å². The van der Waals surface area contributed by atoms with Crippen LogP contribution in [0.3, 0.4) is 0 Å². The predicted molar refractivity (Wildman–Crippen MR) is 103 cm³/mol. The highest BCUT2D eigenvalue weighted by Gasteiger charge is 2.19. The molecular weight excluding hydrogens is 306 g/mol. The Morgan fingerprint density at radius 1 is 0.600 bits per heavy atom. The maximum Gasteiger partial charge on any atom is 0.0590 e. The van der Waals surface area contributed by atoms with Gasteiger partial charge >= 0.3 is 0 Å². The van der Waals surface area contributed by atoms with E-state index in [0.717, 1.165) is 19.5 Å². The Labute approximate surface area is 150 Å². The fourth-order valence-corrected chi connectivity index (χ4v) is 3.15. The number of nitrogens with zero attached hydrogens (tertiary/aromatic N) is 1. The zero-order valence-corrected chi connectivity index (χ0v) is 14.5. The fraction of sp³-hybridized carbons (Fsp3) is 0.217. The third-order valence-corrected chi connectivity index (χ3v) is 4.50. The summed E-state index contributed by atoms with van der Waals surface area (Å²) in [5.41, 5.74) is 3.79. The van der Waals surface area contributed by atoms with Crippen molar-refractivity contribution in [3.8, 4) is 0 Å². The van der Waals surface area contributed by atoms with Crippen molar-refractivity contribution in [2.45, 2.75) is 25.6 Å². The summed E-state index contributed by atoms with van der Waals surface area (Å²) < 4.78 is 0. The Morgan fingerprint density at radius 3 is 1.40 bits per heavy atom. The minimum absolute atomic E-state index is 0.0859. The molecular formula is C23H25NO. The molecule has 0 aliphatic carbocycles. The van der Waals surface area contributed by atoms with Crippen molar-refractivity contribution in [3.05, 3.63) is 108 Å². The van der Waals surface area contributed by atoms with Crippen LogP contribution in [0.2, 0.25) is 0 Å². The molecule has 3 aromatic carbocycles. The van der Waals surface area contributed by atoms with E-state index in [0.29, 0.717) is 0 Å². The van der Waals surface area contributed by atoms with Crippen LogP contribution in [-0.4, -0.2) is 22.7 Å². The first-order valence-electron chi connectivity index (χ1n) is 8.82. The molecule has 0 heterocycles. The topological polar surface area (TPSA) is 23.5 Å². The Hall–Kier alpha value is -2.42. The Bertz CT molecular complexity index is 686.